The second-order valence-corrected chi connectivity index (χ2v) is 6.84. The zero-order chi connectivity index (χ0) is 18.1. The van der Waals surface area contributed by atoms with Crippen molar-refractivity contribution in [3.8, 4) is 0 Å². The predicted molar refractivity (Wildman–Crippen MR) is 95.6 cm³/mol. The van der Waals surface area contributed by atoms with Crippen LogP contribution in [0, 0.1) is 5.92 Å². The Morgan fingerprint density at radius 2 is 1.88 bits per heavy atom. The summed E-state index contributed by atoms with van der Waals surface area (Å²) in [5.74, 6) is -0.951. The van der Waals surface area contributed by atoms with Gasteiger partial charge in [0, 0.05) is 51.8 Å². The van der Waals surface area contributed by atoms with Gasteiger partial charge < -0.3 is 20.4 Å². The van der Waals surface area contributed by atoms with Gasteiger partial charge in [-0.05, 0) is 18.2 Å². The maximum atomic E-state index is 12.1. The number of carbonyl (C=O) groups excluding carboxylic acids is 3. The summed E-state index contributed by atoms with van der Waals surface area (Å²) in [6.07, 6.45) is 0.141. The van der Waals surface area contributed by atoms with E-state index < -0.39 is 11.8 Å². The number of rotatable bonds is 3. The third-order valence-corrected chi connectivity index (χ3v) is 5.14. The second kappa shape index (κ2) is 6.92. The second-order valence-electron chi connectivity index (χ2n) is 6.44. The monoisotopic (exact) mass is 364 g/mol. The molecule has 0 saturated carbocycles. The highest BCUT2D eigenvalue weighted by atomic mass is 35.5. The molecule has 3 rings (SSSR count). The molecule has 2 heterocycles. The van der Waals surface area contributed by atoms with Gasteiger partial charge in [0.2, 0.25) is 17.7 Å². The Hall–Kier alpha value is -2.28. The molecule has 8 heteroatoms. The van der Waals surface area contributed by atoms with E-state index in [4.69, 9.17) is 17.3 Å². The number of anilines is 2. The molecular formula is C17H21ClN4O3. The van der Waals surface area contributed by atoms with E-state index in [2.05, 4.69) is 4.90 Å². The lowest BCUT2D eigenvalue weighted by Crippen LogP contribution is -2.48. The van der Waals surface area contributed by atoms with Crippen molar-refractivity contribution in [2.75, 3.05) is 42.5 Å². The number of carbonyl (C=O) groups is 3. The molecule has 7 nitrogen and oxygen atoms in total. The fourth-order valence-corrected chi connectivity index (χ4v) is 3.62. The minimum Gasteiger partial charge on any atom is -0.369 e. The van der Waals surface area contributed by atoms with E-state index in [0.29, 0.717) is 43.4 Å². The lowest BCUT2D eigenvalue weighted by atomic mass is 10.1. The molecule has 0 radical (unpaired) electrons. The van der Waals surface area contributed by atoms with E-state index in [9.17, 15) is 14.4 Å². The minimum absolute atomic E-state index is 0.0812. The van der Waals surface area contributed by atoms with Crippen LogP contribution in [0.25, 0.3) is 0 Å². The number of hydrogen-bond donors (Lipinski definition) is 1. The Morgan fingerprint density at radius 3 is 2.40 bits per heavy atom. The molecule has 1 aromatic carbocycles. The van der Waals surface area contributed by atoms with Crippen molar-refractivity contribution in [3.63, 3.8) is 0 Å². The molecule has 2 aliphatic heterocycles. The van der Waals surface area contributed by atoms with Gasteiger partial charge in [0.25, 0.3) is 0 Å². The number of benzene rings is 1. The van der Waals surface area contributed by atoms with Gasteiger partial charge in [-0.15, -0.1) is 0 Å². The highest BCUT2D eigenvalue weighted by Crippen LogP contribution is 2.33. The lowest BCUT2D eigenvalue weighted by molar-refractivity contribution is -0.129. The quantitative estimate of drug-likeness (QED) is 0.861. The highest BCUT2D eigenvalue weighted by Gasteiger charge is 2.34. The van der Waals surface area contributed by atoms with Crippen molar-refractivity contribution < 1.29 is 14.4 Å². The average Bonchev–Trinajstić information content (AvgIpc) is 2.97. The van der Waals surface area contributed by atoms with Crippen LogP contribution in [-0.2, 0) is 14.4 Å². The Bertz CT molecular complexity index is 716. The van der Waals surface area contributed by atoms with Crippen LogP contribution < -0.4 is 15.5 Å². The van der Waals surface area contributed by atoms with Crippen LogP contribution in [0.5, 0.6) is 0 Å². The topological polar surface area (TPSA) is 86.9 Å². The number of amides is 3. The zero-order valence-electron chi connectivity index (χ0n) is 14.1. The summed E-state index contributed by atoms with van der Waals surface area (Å²) in [6, 6.07) is 5.46. The molecule has 0 spiro atoms. The third kappa shape index (κ3) is 3.56. The van der Waals surface area contributed by atoms with Gasteiger partial charge in [0.1, 0.15) is 0 Å². The maximum Gasteiger partial charge on any atom is 0.227 e. The normalized spacial score (nSPS) is 21.0. The number of nitrogens with zero attached hydrogens (tertiary/aromatic N) is 3. The van der Waals surface area contributed by atoms with E-state index in [1.165, 1.54) is 0 Å². The largest absolute Gasteiger partial charge is 0.369 e. The molecule has 3 amide bonds. The number of piperazine rings is 1. The van der Waals surface area contributed by atoms with Gasteiger partial charge in [0.05, 0.1) is 16.6 Å². The molecule has 0 bridgehead atoms. The van der Waals surface area contributed by atoms with Gasteiger partial charge in [-0.2, -0.15) is 0 Å². The first-order valence-electron chi connectivity index (χ1n) is 8.26. The van der Waals surface area contributed by atoms with Gasteiger partial charge in [-0.1, -0.05) is 11.6 Å². The molecule has 0 unspecified atom stereocenters. The molecule has 2 aliphatic rings. The highest BCUT2D eigenvalue weighted by molar-refractivity contribution is 6.33. The van der Waals surface area contributed by atoms with E-state index >= 15 is 0 Å². The molecule has 2 N–H and O–H groups in total. The SMILES string of the molecule is CC(=O)N1CCN(c2ccc(N3C[C@H](C(N)=O)CC3=O)cc2Cl)CC1. The minimum atomic E-state index is -0.457. The summed E-state index contributed by atoms with van der Waals surface area (Å²) < 4.78 is 0. The Morgan fingerprint density at radius 1 is 1.20 bits per heavy atom. The van der Waals surface area contributed by atoms with Crippen molar-refractivity contribution in [1.29, 1.82) is 0 Å². The Kier molecular flexibility index (Phi) is 4.85. The van der Waals surface area contributed by atoms with Crippen LogP contribution in [0.1, 0.15) is 13.3 Å². The van der Waals surface area contributed by atoms with Crippen LogP contribution in [0.3, 0.4) is 0 Å². The summed E-state index contributed by atoms with van der Waals surface area (Å²) in [6.45, 7) is 4.62. The van der Waals surface area contributed by atoms with Crippen LogP contribution in [0.2, 0.25) is 5.02 Å². The van der Waals surface area contributed by atoms with Crippen molar-refractivity contribution in [2.45, 2.75) is 13.3 Å². The van der Waals surface area contributed by atoms with Gasteiger partial charge in [-0.3, -0.25) is 14.4 Å². The van der Waals surface area contributed by atoms with Gasteiger partial charge in [-0.25, -0.2) is 0 Å². The first kappa shape index (κ1) is 17.5. The first-order valence-corrected chi connectivity index (χ1v) is 8.64. The number of nitrogens with two attached hydrogens (primary N) is 1. The van der Waals surface area contributed by atoms with Crippen molar-refractivity contribution in [2.24, 2.45) is 11.7 Å². The summed E-state index contributed by atoms with van der Waals surface area (Å²) in [5, 5.41) is 0.545. The van der Waals surface area contributed by atoms with Crippen LogP contribution in [-0.4, -0.2) is 55.3 Å². The number of halogens is 1. The molecule has 2 fully saturated rings. The van der Waals surface area contributed by atoms with E-state index in [1.54, 1.807) is 17.9 Å². The molecule has 1 aromatic rings. The smallest absolute Gasteiger partial charge is 0.227 e. The standard InChI is InChI=1S/C17H21ClN4O3/c1-11(23)20-4-6-21(7-5-20)15-3-2-13(9-14(15)18)22-10-12(17(19)25)8-16(22)24/h2-3,9,12H,4-8,10H2,1H3,(H2,19,25)/t12-/m1/s1. The van der Waals surface area contributed by atoms with E-state index in [1.807, 2.05) is 17.0 Å². The lowest BCUT2D eigenvalue weighted by Gasteiger charge is -2.36. The van der Waals surface area contributed by atoms with Gasteiger partial charge in [0.15, 0.2) is 0 Å². The Balaban J connectivity index is 1.73. The van der Waals surface area contributed by atoms with E-state index in [-0.39, 0.29) is 18.2 Å². The zero-order valence-corrected chi connectivity index (χ0v) is 14.8. The fraction of sp³-hybridized carbons (Fsp3) is 0.471. The van der Waals surface area contributed by atoms with Crippen molar-refractivity contribution >= 4 is 40.7 Å². The first-order chi connectivity index (χ1) is 11.9. The van der Waals surface area contributed by atoms with Crippen LogP contribution in [0.15, 0.2) is 18.2 Å². The van der Waals surface area contributed by atoms with Crippen molar-refractivity contribution in [1.82, 2.24) is 4.90 Å². The summed E-state index contributed by atoms with van der Waals surface area (Å²) >= 11 is 6.43. The van der Waals surface area contributed by atoms with Crippen molar-refractivity contribution in [3.05, 3.63) is 23.2 Å². The predicted octanol–water partition coefficient (Wildman–Crippen LogP) is 0.847. The van der Waals surface area contributed by atoms with E-state index in [0.717, 1.165) is 5.69 Å². The molecule has 134 valence electrons. The fourth-order valence-electron chi connectivity index (χ4n) is 3.33. The molecular weight excluding hydrogens is 344 g/mol. The average molecular weight is 365 g/mol. The summed E-state index contributed by atoms with van der Waals surface area (Å²) in [4.78, 5) is 40.3. The Labute approximate surface area is 151 Å². The summed E-state index contributed by atoms with van der Waals surface area (Å²) in [7, 11) is 0. The maximum absolute atomic E-state index is 12.1. The van der Waals surface area contributed by atoms with Gasteiger partial charge >= 0.3 is 0 Å². The molecule has 0 aromatic heterocycles. The van der Waals surface area contributed by atoms with Crippen LogP contribution in [0.4, 0.5) is 11.4 Å². The number of primary amides is 1. The molecule has 1 atom stereocenters. The molecule has 2 saturated heterocycles. The molecule has 0 aliphatic carbocycles. The summed E-state index contributed by atoms with van der Waals surface area (Å²) in [5.41, 5.74) is 6.86. The third-order valence-electron chi connectivity index (χ3n) is 4.84. The van der Waals surface area contributed by atoms with Crippen LogP contribution >= 0.6 is 11.6 Å². The molecule has 25 heavy (non-hydrogen) atoms. The number of hydrogen-bond acceptors (Lipinski definition) is 4.